The van der Waals surface area contributed by atoms with Crippen LogP contribution in [0.5, 0.6) is 0 Å². The fraction of sp³-hybridized carbons (Fsp3) is 0.857. The molecule has 5 heterocycles. The summed E-state index contributed by atoms with van der Waals surface area (Å²) in [5.74, 6) is -11.3. The zero-order chi connectivity index (χ0) is 53.1. The molecule has 22 heteroatoms. The summed E-state index contributed by atoms with van der Waals surface area (Å²) in [5.41, 5.74) is -4.68. The zero-order valence-corrected chi connectivity index (χ0v) is 43.9. The standard InChI is InChI=1S/C49H84N8O14/c1-12-22-51-24-15-17-33-41(59)53-26-21-47(10,65)40(53)44(62)57(69)38(30(6)7)45(63)70-39(31(8)9)37(50-46(64)48(11,66)49(67)20-19-32(27-29(4)5)35(14-3)71-49)43(61)56-34(18-16-25-52(56)23-13-2)42(60)54(68)28-36(58)55(33)51/h29-35,37-40,65-69H,12-28H2,1-11H3,(H,50,64). The number of ether oxygens (including phenoxy) is 2. The summed E-state index contributed by atoms with van der Waals surface area (Å²) < 4.78 is 12.3. The molecule has 0 bridgehead atoms. The molecule has 0 saturated carbocycles. The molecule has 0 spiro atoms. The number of cyclic esters (lactones) is 1. The highest BCUT2D eigenvalue weighted by Gasteiger charge is 2.59. The number of fused-ring (bicyclic) bond motifs is 3. The Balaban J connectivity index is 1.68. The minimum absolute atomic E-state index is 0.0166. The van der Waals surface area contributed by atoms with Crippen molar-refractivity contribution in [3.8, 4) is 0 Å². The Morgan fingerprint density at radius 3 is 1.90 bits per heavy atom. The Morgan fingerprint density at radius 2 is 1.37 bits per heavy atom. The molecule has 5 aliphatic rings. The monoisotopic (exact) mass is 1010 g/mol. The third-order valence-electron chi connectivity index (χ3n) is 15.1. The smallest absolute Gasteiger partial charge is 0.332 e. The Bertz CT molecular complexity index is 1930. The number of carbonyl (C=O) groups excluding carboxylic acids is 7. The van der Waals surface area contributed by atoms with E-state index in [1.165, 1.54) is 25.8 Å². The van der Waals surface area contributed by atoms with Gasteiger partial charge in [0.05, 0.1) is 11.7 Å². The van der Waals surface area contributed by atoms with Gasteiger partial charge in [-0.1, -0.05) is 62.3 Å². The summed E-state index contributed by atoms with van der Waals surface area (Å²) in [5, 5.41) is 67.9. The van der Waals surface area contributed by atoms with Gasteiger partial charge in [-0.3, -0.25) is 49.2 Å². The molecule has 11 unspecified atom stereocenters. The van der Waals surface area contributed by atoms with Gasteiger partial charge in [0.2, 0.25) is 11.7 Å². The number of hydroxylamine groups is 4. The van der Waals surface area contributed by atoms with Crippen LogP contribution in [-0.4, -0.2) is 201 Å². The number of nitrogens with one attached hydrogen (secondary N) is 1. The number of carbonyl (C=O) groups is 7. The van der Waals surface area contributed by atoms with Crippen LogP contribution in [0, 0.1) is 23.7 Å². The summed E-state index contributed by atoms with van der Waals surface area (Å²) in [6.07, 6.45) is 1.02. The fourth-order valence-electron chi connectivity index (χ4n) is 11.3. The summed E-state index contributed by atoms with van der Waals surface area (Å²) in [4.78, 5) is 105. The van der Waals surface area contributed by atoms with Gasteiger partial charge in [0, 0.05) is 39.1 Å². The third-order valence-corrected chi connectivity index (χ3v) is 15.1. The maximum absolute atomic E-state index is 15.7. The van der Waals surface area contributed by atoms with Gasteiger partial charge in [-0.25, -0.2) is 24.9 Å². The average Bonchev–Trinajstić information content (AvgIpc) is 3.62. The topological polar surface area (TPSA) is 274 Å². The lowest BCUT2D eigenvalue weighted by atomic mass is 9.78. The summed E-state index contributed by atoms with van der Waals surface area (Å²) >= 11 is 0. The molecule has 0 aromatic rings. The maximum atomic E-state index is 15.7. The molecular formula is C49H84N8O14. The van der Waals surface area contributed by atoms with Crippen molar-refractivity contribution in [2.24, 2.45) is 23.7 Å². The van der Waals surface area contributed by atoms with Crippen molar-refractivity contribution in [2.45, 2.75) is 206 Å². The Kier molecular flexibility index (Phi) is 19.1. The van der Waals surface area contributed by atoms with Gasteiger partial charge < -0.3 is 35.0 Å². The van der Waals surface area contributed by atoms with Crippen molar-refractivity contribution in [3.05, 3.63) is 0 Å². The van der Waals surface area contributed by atoms with Gasteiger partial charge in [-0.05, 0) is 102 Å². The van der Waals surface area contributed by atoms with Crippen LogP contribution >= 0.6 is 0 Å². The highest BCUT2D eigenvalue weighted by molar-refractivity contribution is 5.97. The molecule has 5 rings (SSSR count). The lowest BCUT2D eigenvalue weighted by Gasteiger charge is -2.49. The molecule has 6 amide bonds. The van der Waals surface area contributed by atoms with E-state index in [9.17, 15) is 54.5 Å². The summed E-state index contributed by atoms with van der Waals surface area (Å²) in [7, 11) is 0. The number of nitrogens with zero attached hydrogens (tertiary/aromatic N) is 7. The van der Waals surface area contributed by atoms with Crippen LogP contribution in [0.25, 0.3) is 0 Å². The predicted molar refractivity (Wildman–Crippen MR) is 255 cm³/mol. The second-order valence-electron chi connectivity index (χ2n) is 21.9. The quantitative estimate of drug-likeness (QED) is 0.120. The lowest BCUT2D eigenvalue weighted by molar-refractivity contribution is -0.329. The van der Waals surface area contributed by atoms with Crippen molar-refractivity contribution < 1.29 is 68.8 Å². The Morgan fingerprint density at radius 1 is 0.789 bits per heavy atom. The number of esters is 1. The third kappa shape index (κ3) is 12.0. The van der Waals surface area contributed by atoms with E-state index in [-0.39, 0.29) is 61.4 Å². The van der Waals surface area contributed by atoms with Gasteiger partial charge in [0.1, 0.15) is 36.8 Å². The van der Waals surface area contributed by atoms with Gasteiger partial charge in [0.15, 0.2) is 11.6 Å². The predicted octanol–water partition coefficient (Wildman–Crippen LogP) is 1.79. The molecule has 5 aliphatic heterocycles. The van der Waals surface area contributed by atoms with E-state index in [1.807, 2.05) is 20.8 Å². The first-order valence-corrected chi connectivity index (χ1v) is 26.0. The van der Waals surface area contributed by atoms with E-state index in [2.05, 4.69) is 19.2 Å². The molecule has 11 atom stereocenters. The van der Waals surface area contributed by atoms with E-state index >= 15 is 4.79 Å². The van der Waals surface area contributed by atoms with E-state index in [0.717, 1.165) is 23.3 Å². The molecule has 0 aromatic heterocycles. The van der Waals surface area contributed by atoms with E-state index < -0.39 is 119 Å². The van der Waals surface area contributed by atoms with Crippen LogP contribution in [0.1, 0.15) is 147 Å². The minimum atomic E-state index is -2.74. The maximum Gasteiger partial charge on any atom is 0.332 e. The van der Waals surface area contributed by atoms with Crippen LogP contribution in [-0.2, 0) is 43.0 Å². The number of amides is 6. The summed E-state index contributed by atoms with van der Waals surface area (Å²) in [6, 6.07) is -8.30. The largest absolute Gasteiger partial charge is 0.458 e. The molecule has 404 valence electrons. The summed E-state index contributed by atoms with van der Waals surface area (Å²) in [6.45, 7) is 18.2. The zero-order valence-electron chi connectivity index (χ0n) is 43.9. The van der Waals surface area contributed by atoms with Gasteiger partial charge in [0.25, 0.3) is 29.5 Å². The van der Waals surface area contributed by atoms with Crippen molar-refractivity contribution in [1.29, 1.82) is 0 Å². The Hall–Kier alpha value is -4.03. The van der Waals surface area contributed by atoms with Gasteiger partial charge in [-0.2, -0.15) is 0 Å². The molecular weight excluding hydrogens is 925 g/mol. The molecule has 0 radical (unpaired) electrons. The first kappa shape index (κ1) is 57.9. The lowest BCUT2D eigenvalue weighted by Crippen LogP contribution is -2.70. The minimum Gasteiger partial charge on any atom is -0.458 e. The second kappa shape index (κ2) is 23.5. The molecule has 22 nitrogen and oxygen atoms in total. The number of hydrogen-bond acceptors (Lipinski definition) is 16. The Labute approximate surface area is 418 Å². The molecule has 0 aliphatic carbocycles. The van der Waals surface area contributed by atoms with Gasteiger partial charge in [-0.15, -0.1) is 0 Å². The number of rotatable bonds is 12. The first-order chi connectivity index (χ1) is 33.2. The SMILES string of the molecule is CCCN1CCCC2C(=O)N3CCC(C)(O)C3C(=O)N(O)C(C(C)C)C(=O)OC(C(C)C)C(NC(=O)C(C)(O)C3(O)CCC(CC(C)C)C(CC)O3)C(=O)N3C(CCCN3CCC)C(=O)N(O)CC(=O)N21. The normalized spacial score (nSPS) is 33.7. The molecule has 5 fully saturated rings. The van der Waals surface area contributed by atoms with Crippen molar-refractivity contribution in [2.75, 3.05) is 39.3 Å². The molecule has 0 aromatic carbocycles. The average molecular weight is 1010 g/mol. The molecule has 6 N–H and O–H groups in total. The van der Waals surface area contributed by atoms with Crippen molar-refractivity contribution in [3.63, 3.8) is 0 Å². The fourth-order valence-corrected chi connectivity index (χ4v) is 11.3. The number of hydrogen-bond donors (Lipinski definition) is 6. The van der Waals surface area contributed by atoms with E-state index in [4.69, 9.17) is 9.47 Å². The van der Waals surface area contributed by atoms with Crippen molar-refractivity contribution >= 4 is 41.4 Å². The highest BCUT2D eigenvalue weighted by Crippen LogP contribution is 2.42. The second-order valence-corrected chi connectivity index (χ2v) is 21.9. The van der Waals surface area contributed by atoms with Crippen LogP contribution in [0.15, 0.2) is 0 Å². The first-order valence-electron chi connectivity index (χ1n) is 26.0. The van der Waals surface area contributed by atoms with Gasteiger partial charge >= 0.3 is 5.97 Å². The van der Waals surface area contributed by atoms with E-state index in [0.29, 0.717) is 57.5 Å². The molecule has 5 saturated heterocycles. The highest BCUT2D eigenvalue weighted by atomic mass is 16.6. The number of hydrazine groups is 2. The van der Waals surface area contributed by atoms with Crippen LogP contribution < -0.4 is 5.32 Å². The molecule has 71 heavy (non-hydrogen) atoms. The van der Waals surface area contributed by atoms with Crippen molar-refractivity contribution in [1.82, 2.24) is 40.4 Å². The van der Waals surface area contributed by atoms with Crippen LogP contribution in [0.2, 0.25) is 0 Å². The van der Waals surface area contributed by atoms with Crippen LogP contribution in [0.3, 0.4) is 0 Å². The van der Waals surface area contributed by atoms with Crippen LogP contribution in [0.4, 0.5) is 0 Å². The van der Waals surface area contributed by atoms with E-state index in [1.54, 1.807) is 23.9 Å². The number of aliphatic hydroxyl groups is 3.